The molecule has 0 fully saturated rings. The van der Waals surface area contributed by atoms with Gasteiger partial charge in [0, 0.05) is 5.41 Å². The van der Waals surface area contributed by atoms with Gasteiger partial charge in [0.05, 0.1) is 5.76 Å². The summed E-state index contributed by atoms with van der Waals surface area (Å²) in [6.45, 7) is 7.76. The third-order valence-electron chi connectivity index (χ3n) is 1.04. The molecule has 0 aromatic heterocycles. The van der Waals surface area contributed by atoms with Gasteiger partial charge in [0.2, 0.25) is 0 Å². The van der Waals surface area contributed by atoms with Crippen LogP contribution in [0.1, 0.15) is 27.7 Å². The Morgan fingerprint density at radius 1 is 1.38 bits per heavy atom. The van der Waals surface area contributed by atoms with E-state index in [1.165, 1.54) is 0 Å². The molecule has 8 heavy (non-hydrogen) atoms. The van der Waals surface area contributed by atoms with E-state index in [0.717, 1.165) is 0 Å². The van der Waals surface area contributed by atoms with Crippen LogP contribution < -0.4 is 0 Å². The molecule has 0 heterocycles. The van der Waals surface area contributed by atoms with Crippen molar-refractivity contribution in [2.45, 2.75) is 27.7 Å². The van der Waals surface area contributed by atoms with E-state index in [4.69, 9.17) is 5.11 Å². The molecule has 0 aliphatic rings. The highest BCUT2D eigenvalue weighted by molar-refractivity contribution is 4.98. The van der Waals surface area contributed by atoms with E-state index in [0.29, 0.717) is 5.76 Å². The maximum Gasteiger partial charge on any atom is 0.0933 e. The van der Waals surface area contributed by atoms with Crippen molar-refractivity contribution in [1.29, 1.82) is 0 Å². The number of allylic oxidation sites excluding steroid dienone is 2. The van der Waals surface area contributed by atoms with Crippen LogP contribution in [0.3, 0.4) is 0 Å². The van der Waals surface area contributed by atoms with Crippen LogP contribution in [-0.2, 0) is 0 Å². The summed E-state index contributed by atoms with van der Waals surface area (Å²) in [7, 11) is 0. The quantitative estimate of drug-likeness (QED) is 0.480. The Kier molecular flexibility index (Phi) is 2.08. The Bertz CT molecular complexity index is 95.4. The second-order valence-corrected chi connectivity index (χ2v) is 2.92. The third-order valence-corrected chi connectivity index (χ3v) is 1.04. The molecule has 1 heteroatoms. The van der Waals surface area contributed by atoms with E-state index >= 15 is 0 Å². The standard InChI is InChI=1S/C7H14O/c1-5-6(8)7(2,3)4/h5,8H,1-4H3/b6-5+. The minimum Gasteiger partial charge on any atom is -0.512 e. The van der Waals surface area contributed by atoms with Gasteiger partial charge in [0.15, 0.2) is 0 Å². The van der Waals surface area contributed by atoms with Gasteiger partial charge in [-0.25, -0.2) is 0 Å². The van der Waals surface area contributed by atoms with Crippen molar-refractivity contribution >= 4 is 0 Å². The molecule has 1 N–H and O–H groups in total. The fourth-order valence-corrected chi connectivity index (χ4v) is 0.433. The third kappa shape index (κ3) is 2.01. The first-order valence-corrected chi connectivity index (χ1v) is 2.84. The van der Waals surface area contributed by atoms with Crippen molar-refractivity contribution in [3.05, 3.63) is 11.8 Å². The lowest BCUT2D eigenvalue weighted by Gasteiger charge is -2.16. The Hall–Kier alpha value is -0.460. The molecule has 0 saturated carbocycles. The first-order chi connectivity index (χ1) is 3.48. The van der Waals surface area contributed by atoms with Crippen LogP contribution in [-0.4, -0.2) is 5.11 Å². The molecule has 0 spiro atoms. The average molecular weight is 114 g/mol. The van der Waals surface area contributed by atoms with Crippen LogP contribution in [0.15, 0.2) is 11.8 Å². The Balaban J connectivity index is 4.03. The predicted octanol–water partition coefficient (Wildman–Crippen LogP) is 2.49. The lowest BCUT2D eigenvalue weighted by atomic mass is 9.94. The Morgan fingerprint density at radius 2 is 1.75 bits per heavy atom. The van der Waals surface area contributed by atoms with Gasteiger partial charge in [0.25, 0.3) is 0 Å². The van der Waals surface area contributed by atoms with Crippen molar-refractivity contribution in [2.24, 2.45) is 5.41 Å². The zero-order valence-corrected chi connectivity index (χ0v) is 6.02. The predicted molar refractivity (Wildman–Crippen MR) is 35.8 cm³/mol. The molecule has 1 nitrogen and oxygen atoms in total. The van der Waals surface area contributed by atoms with E-state index in [1.807, 2.05) is 27.7 Å². The maximum atomic E-state index is 9.06. The molecule has 0 aromatic rings. The molecule has 0 aliphatic heterocycles. The van der Waals surface area contributed by atoms with Gasteiger partial charge in [-0.05, 0) is 13.0 Å². The molecule has 0 atom stereocenters. The molecular weight excluding hydrogens is 100 g/mol. The lowest BCUT2D eigenvalue weighted by Crippen LogP contribution is -2.07. The Morgan fingerprint density at radius 3 is 1.75 bits per heavy atom. The largest absolute Gasteiger partial charge is 0.512 e. The molecule has 0 radical (unpaired) electrons. The SMILES string of the molecule is C/C=C(/O)C(C)(C)C. The van der Waals surface area contributed by atoms with Crippen molar-refractivity contribution in [2.75, 3.05) is 0 Å². The van der Waals surface area contributed by atoms with E-state index in [9.17, 15) is 0 Å². The molecule has 0 aromatic carbocycles. The van der Waals surface area contributed by atoms with Gasteiger partial charge in [0.1, 0.15) is 0 Å². The van der Waals surface area contributed by atoms with E-state index in [1.54, 1.807) is 6.08 Å². The summed E-state index contributed by atoms with van der Waals surface area (Å²) in [6.07, 6.45) is 1.72. The van der Waals surface area contributed by atoms with E-state index < -0.39 is 0 Å². The van der Waals surface area contributed by atoms with Crippen molar-refractivity contribution in [1.82, 2.24) is 0 Å². The number of rotatable bonds is 0. The number of aliphatic hydroxyl groups is 1. The molecule has 0 saturated heterocycles. The fraction of sp³-hybridized carbons (Fsp3) is 0.714. The topological polar surface area (TPSA) is 20.2 Å². The molecule has 0 bridgehead atoms. The van der Waals surface area contributed by atoms with Crippen LogP contribution >= 0.6 is 0 Å². The average Bonchev–Trinajstić information content (AvgIpc) is 1.62. The normalized spacial score (nSPS) is 14.2. The van der Waals surface area contributed by atoms with Gasteiger partial charge in [-0.2, -0.15) is 0 Å². The lowest BCUT2D eigenvalue weighted by molar-refractivity contribution is 0.276. The van der Waals surface area contributed by atoms with Crippen LogP contribution in [0.4, 0.5) is 0 Å². The molecule has 0 rings (SSSR count). The summed E-state index contributed by atoms with van der Waals surface area (Å²) in [5, 5.41) is 9.06. The first kappa shape index (κ1) is 7.54. The highest BCUT2D eigenvalue weighted by Gasteiger charge is 2.13. The number of hydrogen-bond acceptors (Lipinski definition) is 1. The van der Waals surface area contributed by atoms with Crippen LogP contribution in [0, 0.1) is 5.41 Å². The van der Waals surface area contributed by atoms with Crippen molar-refractivity contribution in [3.63, 3.8) is 0 Å². The van der Waals surface area contributed by atoms with E-state index in [2.05, 4.69) is 0 Å². The second-order valence-electron chi connectivity index (χ2n) is 2.92. The van der Waals surface area contributed by atoms with Crippen molar-refractivity contribution in [3.8, 4) is 0 Å². The molecule has 0 unspecified atom stereocenters. The van der Waals surface area contributed by atoms with Crippen LogP contribution in [0.2, 0.25) is 0 Å². The summed E-state index contributed by atoms with van der Waals surface area (Å²) in [5.41, 5.74) is -0.0747. The zero-order valence-electron chi connectivity index (χ0n) is 6.02. The monoisotopic (exact) mass is 114 g/mol. The van der Waals surface area contributed by atoms with Gasteiger partial charge >= 0.3 is 0 Å². The smallest absolute Gasteiger partial charge is 0.0933 e. The minimum absolute atomic E-state index is 0.0747. The van der Waals surface area contributed by atoms with Gasteiger partial charge < -0.3 is 5.11 Å². The highest BCUT2D eigenvalue weighted by Crippen LogP contribution is 2.21. The summed E-state index contributed by atoms with van der Waals surface area (Å²) >= 11 is 0. The summed E-state index contributed by atoms with van der Waals surface area (Å²) in [6, 6.07) is 0. The van der Waals surface area contributed by atoms with Crippen LogP contribution in [0.25, 0.3) is 0 Å². The summed E-state index contributed by atoms with van der Waals surface area (Å²) < 4.78 is 0. The maximum absolute atomic E-state index is 9.06. The summed E-state index contributed by atoms with van der Waals surface area (Å²) in [5.74, 6) is 0.456. The van der Waals surface area contributed by atoms with Crippen LogP contribution in [0.5, 0.6) is 0 Å². The van der Waals surface area contributed by atoms with Gasteiger partial charge in [-0.3, -0.25) is 0 Å². The van der Waals surface area contributed by atoms with Crippen molar-refractivity contribution < 1.29 is 5.11 Å². The molecule has 0 amide bonds. The minimum atomic E-state index is -0.0747. The second kappa shape index (κ2) is 2.21. The Labute approximate surface area is 51.0 Å². The molecule has 0 aliphatic carbocycles. The zero-order chi connectivity index (χ0) is 6.78. The fourth-order valence-electron chi connectivity index (χ4n) is 0.433. The van der Waals surface area contributed by atoms with Gasteiger partial charge in [-0.1, -0.05) is 20.8 Å². The first-order valence-electron chi connectivity index (χ1n) is 2.84. The summed E-state index contributed by atoms with van der Waals surface area (Å²) in [4.78, 5) is 0. The number of hydrogen-bond donors (Lipinski definition) is 1. The van der Waals surface area contributed by atoms with Gasteiger partial charge in [-0.15, -0.1) is 0 Å². The molecule has 48 valence electrons. The highest BCUT2D eigenvalue weighted by atomic mass is 16.3. The molecular formula is C7H14O. The number of aliphatic hydroxyl groups excluding tert-OH is 1. The van der Waals surface area contributed by atoms with E-state index in [-0.39, 0.29) is 5.41 Å².